The van der Waals surface area contributed by atoms with E-state index in [2.05, 4.69) is 9.97 Å². The summed E-state index contributed by atoms with van der Waals surface area (Å²) < 4.78 is 9.93. The molecule has 0 amide bonds. The number of nitrogens with one attached hydrogen (secondary N) is 1. The molecule has 9 rings (SSSR count). The monoisotopic (exact) mass is 760 g/mol. The molecule has 0 aliphatic heterocycles. The number of ether oxygens (including phenoxy) is 2. The first kappa shape index (κ1) is 37.3. The van der Waals surface area contributed by atoms with Gasteiger partial charge >= 0.3 is 0 Å². The Hall–Kier alpha value is -8.06. The van der Waals surface area contributed by atoms with Gasteiger partial charge < -0.3 is 36.1 Å². The minimum Gasteiger partial charge on any atom is -0.504 e. The lowest BCUT2D eigenvalue weighted by Gasteiger charge is -2.19. The maximum Gasteiger partial charge on any atom is 0.196 e. The number of carbonyl (C=O) groups is 5. The standard InChI is InChI=1S/C22H14N2O4.C14H10N2O2.C8H8O3/c1-28-17-10-11(6-9-16(17)25)22-23-15-8-7-14-18(19(15)24-22)21(27)13-5-3-2-4-12(13)20(14)26;15-10-6-5-9-11(12(10)16)14(18)8-4-2-1-3-7(8)13(9)17;1-11-8-4-6(5-9)2-3-7(8)10/h2-10,25H,1H3,(H,23,24);1-6H,15-16H2;2-5,10H,1H3. The largest absolute Gasteiger partial charge is 0.504 e. The number of phenols is 2. The minimum atomic E-state index is -0.245. The van der Waals surface area contributed by atoms with Crippen LogP contribution in [0, 0.1) is 0 Å². The van der Waals surface area contributed by atoms with E-state index in [9.17, 15) is 29.1 Å². The number of phenolic OH excluding ortho intramolecular Hbond substituents is 2. The molecule has 1 aromatic heterocycles. The summed E-state index contributed by atoms with van der Waals surface area (Å²) in [6.07, 6.45) is 0.696. The number of H-pyrrole nitrogens is 1. The fraction of sp³-hybridized carbons (Fsp3) is 0.0455. The van der Waals surface area contributed by atoms with Gasteiger partial charge in [0.2, 0.25) is 0 Å². The zero-order chi connectivity index (χ0) is 40.5. The van der Waals surface area contributed by atoms with Gasteiger partial charge in [0.05, 0.1) is 42.2 Å². The molecule has 282 valence electrons. The van der Waals surface area contributed by atoms with Gasteiger partial charge in [0.25, 0.3) is 0 Å². The highest BCUT2D eigenvalue weighted by Gasteiger charge is 2.33. The summed E-state index contributed by atoms with van der Waals surface area (Å²) in [5, 5.41) is 18.9. The van der Waals surface area contributed by atoms with Gasteiger partial charge in [0, 0.05) is 44.5 Å². The number of carbonyl (C=O) groups excluding carboxylic acids is 5. The van der Waals surface area contributed by atoms with Crippen LogP contribution in [-0.2, 0) is 0 Å². The van der Waals surface area contributed by atoms with Crippen molar-refractivity contribution in [3.05, 3.63) is 159 Å². The average molecular weight is 761 g/mol. The first-order valence-electron chi connectivity index (χ1n) is 17.2. The van der Waals surface area contributed by atoms with Crippen LogP contribution in [0.5, 0.6) is 23.0 Å². The van der Waals surface area contributed by atoms with Gasteiger partial charge in [-0.15, -0.1) is 0 Å². The molecule has 0 atom stereocenters. The van der Waals surface area contributed by atoms with Gasteiger partial charge in [-0.1, -0.05) is 48.5 Å². The van der Waals surface area contributed by atoms with Gasteiger partial charge in [-0.25, -0.2) is 4.98 Å². The van der Waals surface area contributed by atoms with E-state index in [1.807, 2.05) is 0 Å². The second-order valence-corrected chi connectivity index (χ2v) is 12.8. The smallest absolute Gasteiger partial charge is 0.196 e. The number of nitrogens with two attached hydrogens (primary N) is 2. The van der Waals surface area contributed by atoms with E-state index in [1.165, 1.54) is 38.5 Å². The topological polar surface area (TPSA) is 225 Å². The Morgan fingerprint density at radius 3 is 1.68 bits per heavy atom. The summed E-state index contributed by atoms with van der Waals surface area (Å²) in [4.78, 5) is 68.6. The van der Waals surface area contributed by atoms with Crippen LogP contribution in [0.25, 0.3) is 22.4 Å². The maximum absolute atomic E-state index is 13.1. The second kappa shape index (κ2) is 15.0. The number of aldehydes is 1. The Bertz CT molecular complexity index is 2820. The number of rotatable bonds is 4. The van der Waals surface area contributed by atoms with Crippen LogP contribution in [0.1, 0.15) is 74.0 Å². The Kier molecular flexibility index (Phi) is 9.80. The predicted octanol–water partition coefficient (Wildman–Crippen LogP) is 6.56. The summed E-state index contributed by atoms with van der Waals surface area (Å²) in [6.45, 7) is 0. The number of anilines is 2. The van der Waals surface area contributed by atoms with Crippen molar-refractivity contribution < 1.29 is 43.7 Å². The molecule has 0 bridgehead atoms. The average Bonchev–Trinajstić information content (AvgIpc) is 3.68. The van der Waals surface area contributed by atoms with Gasteiger partial charge in [0.15, 0.2) is 46.1 Å². The van der Waals surface area contributed by atoms with Crippen molar-refractivity contribution in [3.63, 3.8) is 0 Å². The molecule has 7 N–H and O–H groups in total. The molecule has 1 heterocycles. The molecule has 0 saturated carbocycles. The van der Waals surface area contributed by atoms with E-state index < -0.39 is 0 Å². The zero-order valence-electron chi connectivity index (χ0n) is 30.3. The van der Waals surface area contributed by atoms with Gasteiger partial charge in [-0.3, -0.25) is 24.0 Å². The Balaban J connectivity index is 0.000000146. The Morgan fingerprint density at radius 1 is 0.596 bits per heavy atom. The Morgan fingerprint density at radius 2 is 1.11 bits per heavy atom. The van der Waals surface area contributed by atoms with Crippen LogP contribution in [0.3, 0.4) is 0 Å². The predicted molar refractivity (Wildman–Crippen MR) is 212 cm³/mol. The highest BCUT2D eigenvalue weighted by atomic mass is 16.5. The highest BCUT2D eigenvalue weighted by molar-refractivity contribution is 6.32. The summed E-state index contributed by atoms with van der Waals surface area (Å²) >= 11 is 0. The fourth-order valence-electron chi connectivity index (χ4n) is 6.61. The summed E-state index contributed by atoms with van der Waals surface area (Å²) in [5.74, 6) is 0.391. The van der Waals surface area contributed by atoms with Gasteiger partial charge in [-0.05, 0) is 60.7 Å². The number of imidazole rings is 1. The van der Waals surface area contributed by atoms with Crippen molar-refractivity contribution in [2.75, 3.05) is 25.7 Å². The fourth-order valence-corrected chi connectivity index (χ4v) is 6.61. The number of aromatic amines is 1. The third-order valence-corrected chi connectivity index (χ3v) is 9.50. The molecule has 0 fully saturated rings. The van der Waals surface area contributed by atoms with E-state index in [-0.39, 0.29) is 45.9 Å². The van der Waals surface area contributed by atoms with Crippen molar-refractivity contribution in [1.29, 1.82) is 0 Å². The molecule has 13 nitrogen and oxygen atoms in total. The molecule has 2 aliphatic rings. The number of hydrogen-bond acceptors (Lipinski definition) is 12. The number of fused-ring (bicyclic) bond motifs is 6. The van der Waals surface area contributed by atoms with Crippen molar-refractivity contribution in [3.8, 4) is 34.4 Å². The molecule has 13 heteroatoms. The van der Waals surface area contributed by atoms with Crippen LogP contribution in [0.15, 0.2) is 109 Å². The van der Waals surface area contributed by atoms with Crippen molar-refractivity contribution in [2.24, 2.45) is 0 Å². The number of methoxy groups -OCH3 is 2. The van der Waals surface area contributed by atoms with Crippen LogP contribution in [0.4, 0.5) is 11.4 Å². The maximum atomic E-state index is 13.1. The van der Waals surface area contributed by atoms with Crippen LogP contribution in [0.2, 0.25) is 0 Å². The summed E-state index contributed by atoms with van der Waals surface area (Å²) in [6, 6.07) is 29.3. The van der Waals surface area contributed by atoms with E-state index in [0.717, 1.165) is 0 Å². The number of hydrogen-bond donors (Lipinski definition) is 5. The van der Waals surface area contributed by atoms with Crippen molar-refractivity contribution in [1.82, 2.24) is 9.97 Å². The summed E-state index contributed by atoms with van der Waals surface area (Å²) in [7, 11) is 2.90. The lowest BCUT2D eigenvalue weighted by molar-refractivity contribution is 0.0980. The number of nitrogen functional groups attached to an aromatic ring is 2. The first-order chi connectivity index (χ1) is 27.5. The zero-order valence-corrected chi connectivity index (χ0v) is 30.3. The molecular formula is C44H32N4O9. The molecule has 57 heavy (non-hydrogen) atoms. The lowest BCUT2D eigenvalue weighted by Crippen LogP contribution is -2.22. The third-order valence-electron chi connectivity index (χ3n) is 9.50. The molecule has 6 aromatic carbocycles. The lowest BCUT2D eigenvalue weighted by atomic mass is 9.83. The quantitative estimate of drug-likeness (QED) is 0.0950. The van der Waals surface area contributed by atoms with Crippen LogP contribution < -0.4 is 20.9 Å². The number of benzene rings is 6. The van der Waals surface area contributed by atoms with Crippen LogP contribution in [-0.4, -0.2) is 63.8 Å². The first-order valence-corrected chi connectivity index (χ1v) is 17.2. The van der Waals surface area contributed by atoms with Crippen LogP contribution >= 0.6 is 0 Å². The van der Waals surface area contributed by atoms with E-state index in [1.54, 1.807) is 84.9 Å². The van der Waals surface area contributed by atoms with Gasteiger partial charge in [-0.2, -0.15) is 0 Å². The molecule has 0 spiro atoms. The molecule has 0 unspecified atom stereocenters. The molecular weight excluding hydrogens is 729 g/mol. The summed E-state index contributed by atoms with van der Waals surface area (Å²) in [5.41, 5.74) is 17.1. The highest BCUT2D eigenvalue weighted by Crippen LogP contribution is 2.36. The molecule has 7 aromatic rings. The number of nitrogens with zero attached hydrogens (tertiary/aromatic N) is 1. The van der Waals surface area contributed by atoms with E-state index >= 15 is 0 Å². The van der Waals surface area contributed by atoms with Crippen molar-refractivity contribution >= 4 is 51.8 Å². The van der Waals surface area contributed by atoms with E-state index in [0.29, 0.717) is 90.4 Å². The van der Waals surface area contributed by atoms with Gasteiger partial charge in [0.1, 0.15) is 17.6 Å². The SMILES string of the molecule is COc1cc(-c2nc3c4c(ccc3[nH]2)C(=O)c2ccccc2C4=O)ccc1O.COc1cc(C=O)ccc1O.Nc1ccc2c(c1N)C(=O)c1ccccc1C2=O. The Labute approximate surface area is 324 Å². The van der Waals surface area contributed by atoms with E-state index in [4.69, 9.17) is 26.0 Å². The molecule has 2 aliphatic carbocycles. The second-order valence-electron chi connectivity index (χ2n) is 12.8. The number of ketones is 4. The normalized spacial score (nSPS) is 12.2. The third kappa shape index (κ3) is 6.59. The van der Waals surface area contributed by atoms with Crippen molar-refractivity contribution in [2.45, 2.75) is 0 Å². The molecule has 0 saturated heterocycles. The minimum absolute atomic E-state index is 0.0251. The number of aromatic nitrogens is 2. The number of aromatic hydroxyl groups is 2. The molecule has 0 radical (unpaired) electrons.